The van der Waals surface area contributed by atoms with E-state index in [1.54, 1.807) is 0 Å². The lowest BCUT2D eigenvalue weighted by Crippen LogP contribution is -2.57. The number of hydrogen-bond acceptors (Lipinski definition) is 2. The Labute approximate surface area is 101 Å². The Balaban J connectivity index is 1.71. The van der Waals surface area contributed by atoms with Gasteiger partial charge in [-0.15, -0.1) is 0 Å². The molecular weight excluding hydrogens is 196 g/mol. The summed E-state index contributed by atoms with van der Waals surface area (Å²) in [5, 5.41) is 0. The molecule has 2 fully saturated rings. The summed E-state index contributed by atoms with van der Waals surface area (Å²) in [6.45, 7) is 11.1. The highest BCUT2D eigenvalue weighted by molar-refractivity contribution is 4.97. The fourth-order valence-corrected chi connectivity index (χ4v) is 3.48. The molecule has 2 nitrogen and oxygen atoms in total. The van der Waals surface area contributed by atoms with Crippen molar-refractivity contribution in [2.24, 2.45) is 11.3 Å². The predicted octanol–water partition coefficient (Wildman–Crippen LogP) is 2.45. The lowest BCUT2D eigenvalue weighted by molar-refractivity contribution is -0.0368. The van der Waals surface area contributed by atoms with E-state index in [0.29, 0.717) is 0 Å². The predicted molar refractivity (Wildman–Crippen MR) is 69.7 cm³/mol. The molecule has 94 valence electrons. The molecule has 2 heteroatoms. The van der Waals surface area contributed by atoms with Crippen LogP contribution in [0.3, 0.4) is 0 Å². The maximum absolute atomic E-state index is 2.60. The summed E-state index contributed by atoms with van der Waals surface area (Å²) in [5.41, 5.74) is 0.747. The van der Waals surface area contributed by atoms with Gasteiger partial charge in [0.25, 0.3) is 0 Å². The molecule has 1 aliphatic carbocycles. The highest BCUT2D eigenvalue weighted by Crippen LogP contribution is 2.45. The second-order valence-corrected chi connectivity index (χ2v) is 6.10. The number of rotatable bonds is 4. The zero-order chi connectivity index (χ0) is 11.6. The van der Waals surface area contributed by atoms with Gasteiger partial charge in [0.1, 0.15) is 0 Å². The van der Waals surface area contributed by atoms with Crippen LogP contribution in [0.4, 0.5) is 0 Å². The van der Waals surface area contributed by atoms with Gasteiger partial charge in [-0.05, 0) is 57.2 Å². The molecular formula is C14H28N2. The van der Waals surface area contributed by atoms with Gasteiger partial charge in [0.05, 0.1) is 0 Å². The van der Waals surface area contributed by atoms with Crippen LogP contribution >= 0.6 is 0 Å². The molecule has 2 rings (SSSR count). The minimum Gasteiger partial charge on any atom is -0.306 e. The van der Waals surface area contributed by atoms with Crippen molar-refractivity contribution in [2.45, 2.75) is 39.5 Å². The Kier molecular flexibility index (Phi) is 3.91. The van der Waals surface area contributed by atoms with Crippen LogP contribution in [0.1, 0.15) is 39.5 Å². The Morgan fingerprint density at radius 3 is 2.31 bits per heavy atom. The van der Waals surface area contributed by atoms with Gasteiger partial charge in [-0.1, -0.05) is 13.8 Å². The van der Waals surface area contributed by atoms with E-state index < -0.39 is 0 Å². The van der Waals surface area contributed by atoms with Gasteiger partial charge in [-0.3, -0.25) is 0 Å². The monoisotopic (exact) mass is 224 g/mol. The average molecular weight is 224 g/mol. The molecule has 0 atom stereocenters. The van der Waals surface area contributed by atoms with Crippen LogP contribution in [0.2, 0.25) is 0 Å². The molecule has 2 aliphatic rings. The van der Waals surface area contributed by atoms with Crippen molar-refractivity contribution in [3.63, 3.8) is 0 Å². The molecule has 1 heterocycles. The Morgan fingerprint density at radius 2 is 1.81 bits per heavy atom. The third kappa shape index (κ3) is 2.60. The largest absolute Gasteiger partial charge is 0.306 e. The topological polar surface area (TPSA) is 6.48 Å². The van der Waals surface area contributed by atoms with E-state index >= 15 is 0 Å². The third-order valence-corrected chi connectivity index (χ3v) is 4.84. The Morgan fingerprint density at radius 1 is 1.19 bits per heavy atom. The summed E-state index contributed by atoms with van der Waals surface area (Å²) in [7, 11) is 2.26. The summed E-state index contributed by atoms with van der Waals surface area (Å²) in [6.07, 6.45) is 5.93. The van der Waals surface area contributed by atoms with Gasteiger partial charge < -0.3 is 9.80 Å². The molecule has 0 bridgehead atoms. The maximum Gasteiger partial charge on any atom is 0.00504 e. The van der Waals surface area contributed by atoms with Crippen LogP contribution in [0.25, 0.3) is 0 Å². The minimum atomic E-state index is 0.747. The summed E-state index contributed by atoms with van der Waals surface area (Å²) in [4.78, 5) is 5.07. The molecule has 1 spiro atoms. The summed E-state index contributed by atoms with van der Waals surface area (Å²) in [5.74, 6) is 0.978. The molecule has 16 heavy (non-hydrogen) atoms. The van der Waals surface area contributed by atoms with Crippen LogP contribution in [0, 0.1) is 11.3 Å². The highest BCUT2D eigenvalue weighted by Gasteiger charge is 2.44. The van der Waals surface area contributed by atoms with E-state index in [4.69, 9.17) is 0 Å². The van der Waals surface area contributed by atoms with E-state index in [1.165, 1.54) is 58.4 Å². The van der Waals surface area contributed by atoms with Gasteiger partial charge in [-0.2, -0.15) is 0 Å². The maximum atomic E-state index is 2.60. The first-order valence-corrected chi connectivity index (χ1v) is 7.08. The van der Waals surface area contributed by atoms with E-state index in [1.807, 2.05) is 0 Å². The fourth-order valence-electron chi connectivity index (χ4n) is 3.48. The summed E-state index contributed by atoms with van der Waals surface area (Å²) < 4.78 is 0. The van der Waals surface area contributed by atoms with Gasteiger partial charge in [0.15, 0.2) is 0 Å². The molecule has 1 saturated carbocycles. The fraction of sp³-hybridized carbons (Fsp3) is 1.00. The van der Waals surface area contributed by atoms with Crippen molar-refractivity contribution in [1.82, 2.24) is 9.80 Å². The zero-order valence-electron chi connectivity index (χ0n) is 11.3. The molecule has 0 unspecified atom stereocenters. The number of nitrogens with zero attached hydrogens (tertiary/aromatic N) is 2. The molecule has 0 amide bonds. The van der Waals surface area contributed by atoms with Crippen molar-refractivity contribution >= 4 is 0 Å². The molecule has 0 aromatic carbocycles. The molecule has 1 saturated heterocycles. The van der Waals surface area contributed by atoms with Crippen LogP contribution in [0.5, 0.6) is 0 Å². The molecule has 1 aliphatic heterocycles. The number of hydrogen-bond donors (Lipinski definition) is 0. The van der Waals surface area contributed by atoms with E-state index in [9.17, 15) is 0 Å². The van der Waals surface area contributed by atoms with Crippen molar-refractivity contribution in [3.05, 3.63) is 0 Å². The van der Waals surface area contributed by atoms with Crippen molar-refractivity contribution in [3.8, 4) is 0 Å². The lowest BCUT2D eigenvalue weighted by Gasteiger charge is -2.53. The average Bonchev–Trinajstić information content (AvgIpc) is 2.27. The smallest absolute Gasteiger partial charge is 0.00504 e. The molecule has 0 aromatic heterocycles. The lowest BCUT2D eigenvalue weighted by atomic mass is 9.66. The SMILES string of the molecule is CCN(C)CC1CCC2(CC1)CN(CC)C2. The van der Waals surface area contributed by atoms with E-state index in [-0.39, 0.29) is 0 Å². The van der Waals surface area contributed by atoms with Crippen LogP contribution < -0.4 is 0 Å². The Bertz CT molecular complexity index is 211. The second-order valence-electron chi connectivity index (χ2n) is 6.10. The van der Waals surface area contributed by atoms with Gasteiger partial charge >= 0.3 is 0 Å². The molecule has 0 radical (unpaired) electrons. The van der Waals surface area contributed by atoms with Crippen LogP contribution in [0.15, 0.2) is 0 Å². The number of likely N-dealkylation sites (tertiary alicyclic amines) is 1. The van der Waals surface area contributed by atoms with Gasteiger partial charge in [0.2, 0.25) is 0 Å². The standard InChI is InChI=1S/C14H28N2/c1-4-15(3)10-13-6-8-14(9-7-13)11-16(5-2)12-14/h13H,4-12H2,1-3H3. The first-order chi connectivity index (χ1) is 7.67. The molecule has 0 aromatic rings. The van der Waals surface area contributed by atoms with Gasteiger partial charge in [-0.25, -0.2) is 0 Å². The summed E-state index contributed by atoms with van der Waals surface area (Å²) >= 11 is 0. The third-order valence-electron chi connectivity index (χ3n) is 4.84. The first-order valence-electron chi connectivity index (χ1n) is 7.08. The van der Waals surface area contributed by atoms with Crippen molar-refractivity contribution < 1.29 is 0 Å². The normalized spacial score (nSPS) is 26.2. The second kappa shape index (κ2) is 5.05. The van der Waals surface area contributed by atoms with E-state index in [0.717, 1.165) is 11.3 Å². The first kappa shape index (κ1) is 12.4. The summed E-state index contributed by atoms with van der Waals surface area (Å²) in [6, 6.07) is 0. The van der Waals surface area contributed by atoms with Crippen LogP contribution in [-0.2, 0) is 0 Å². The minimum absolute atomic E-state index is 0.747. The highest BCUT2D eigenvalue weighted by atomic mass is 15.2. The zero-order valence-corrected chi connectivity index (χ0v) is 11.3. The van der Waals surface area contributed by atoms with Gasteiger partial charge in [0, 0.05) is 19.6 Å². The van der Waals surface area contributed by atoms with Crippen molar-refractivity contribution in [2.75, 3.05) is 39.8 Å². The van der Waals surface area contributed by atoms with Crippen LogP contribution in [-0.4, -0.2) is 49.6 Å². The van der Waals surface area contributed by atoms with E-state index in [2.05, 4.69) is 30.7 Å². The Hall–Kier alpha value is -0.0800. The van der Waals surface area contributed by atoms with Crippen molar-refractivity contribution in [1.29, 1.82) is 0 Å². The molecule has 0 N–H and O–H groups in total. The quantitative estimate of drug-likeness (QED) is 0.724.